The Kier molecular flexibility index (Phi) is 3.91. The van der Waals surface area contributed by atoms with Gasteiger partial charge in [-0.05, 0) is 51.9 Å². The Balaban J connectivity index is 2.38. The van der Waals surface area contributed by atoms with Gasteiger partial charge in [-0.25, -0.2) is 0 Å². The molecule has 1 fully saturated rings. The Labute approximate surface area is 87.6 Å². The lowest BCUT2D eigenvalue weighted by Gasteiger charge is -2.41. The van der Waals surface area contributed by atoms with Crippen molar-refractivity contribution in [3.8, 4) is 0 Å². The molecule has 0 aromatic heterocycles. The van der Waals surface area contributed by atoms with Gasteiger partial charge in [0, 0.05) is 6.42 Å². The van der Waals surface area contributed by atoms with Gasteiger partial charge in [0.2, 0.25) is 0 Å². The summed E-state index contributed by atoms with van der Waals surface area (Å²) >= 11 is 0. The molecule has 0 unspecified atom stereocenters. The minimum Gasteiger partial charge on any atom is -0.300 e. The maximum Gasteiger partial charge on any atom is 0.130 e. The first-order valence-electron chi connectivity index (χ1n) is 5.67. The summed E-state index contributed by atoms with van der Waals surface area (Å²) in [6, 6.07) is 0. The first-order valence-corrected chi connectivity index (χ1v) is 5.67. The van der Waals surface area contributed by atoms with Gasteiger partial charge in [0.15, 0.2) is 0 Å². The normalized spacial score (nSPS) is 18.5. The van der Waals surface area contributed by atoms with Crippen LogP contribution in [0.4, 0.5) is 0 Å². The molecule has 0 aromatic carbocycles. The van der Waals surface area contributed by atoms with E-state index >= 15 is 0 Å². The predicted molar refractivity (Wildman–Crippen MR) is 60.2 cm³/mol. The molecule has 0 aliphatic heterocycles. The SMILES string of the molecule is CC(=O)CC1(CCC=C(C)C)CCC1. The van der Waals surface area contributed by atoms with Gasteiger partial charge >= 0.3 is 0 Å². The van der Waals surface area contributed by atoms with Crippen molar-refractivity contribution in [3.63, 3.8) is 0 Å². The fourth-order valence-electron chi connectivity index (χ4n) is 2.39. The van der Waals surface area contributed by atoms with Gasteiger partial charge in [0.25, 0.3) is 0 Å². The molecule has 1 rings (SSSR count). The molecule has 0 spiro atoms. The summed E-state index contributed by atoms with van der Waals surface area (Å²) in [6.07, 6.45) is 9.31. The third-order valence-electron chi connectivity index (χ3n) is 3.27. The van der Waals surface area contributed by atoms with Gasteiger partial charge in [-0.1, -0.05) is 18.1 Å². The van der Waals surface area contributed by atoms with Gasteiger partial charge in [-0.2, -0.15) is 0 Å². The molecule has 0 bridgehead atoms. The van der Waals surface area contributed by atoms with Crippen molar-refractivity contribution < 1.29 is 4.79 Å². The number of hydrogen-bond donors (Lipinski definition) is 0. The van der Waals surface area contributed by atoms with E-state index < -0.39 is 0 Å². The van der Waals surface area contributed by atoms with Crippen LogP contribution in [0.3, 0.4) is 0 Å². The minimum atomic E-state index is 0.363. The van der Waals surface area contributed by atoms with E-state index in [0.29, 0.717) is 11.2 Å². The highest BCUT2D eigenvalue weighted by Crippen LogP contribution is 2.47. The number of allylic oxidation sites excluding steroid dienone is 2. The van der Waals surface area contributed by atoms with Crippen molar-refractivity contribution >= 4 is 5.78 Å². The topological polar surface area (TPSA) is 17.1 Å². The number of Topliss-reactive ketones (excluding diaryl/α,β-unsaturated/α-hetero) is 1. The summed E-state index contributed by atoms with van der Waals surface area (Å²) in [5.74, 6) is 0.363. The van der Waals surface area contributed by atoms with Crippen molar-refractivity contribution in [1.82, 2.24) is 0 Å². The van der Waals surface area contributed by atoms with Crippen LogP contribution in [0, 0.1) is 5.41 Å². The summed E-state index contributed by atoms with van der Waals surface area (Å²) in [4.78, 5) is 11.1. The van der Waals surface area contributed by atoms with Crippen LogP contribution in [0.1, 0.15) is 59.3 Å². The third kappa shape index (κ3) is 3.28. The van der Waals surface area contributed by atoms with E-state index in [0.717, 1.165) is 12.8 Å². The highest BCUT2D eigenvalue weighted by Gasteiger charge is 2.36. The van der Waals surface area contributed by atoms with Crippen LogP contribution in [-0.2, 0) is 4.79 Å². The summed E-state index contributed by atoms with van der Waals surface area (Å²) in [6.45, 7) is 6.00. The van der Waals surface area contributed by atoms with Crippen molar-refractivity contribution in [2.45, 2.75) is 59.3 Å². The van der Waals surface area contributed by atoms with E-state index in [1.54, 1.807) is 6.92 Å². The average molecular weight is 194 g/mol. The van der Waals surface area contributed by atoms with Crippen LogP contribution >= 0.6 is 0 Å². The first kappa shape index (κ1) is 11.5. The summed E-state index contributed by atoms with van der Waals surface area (Å²) in [5.41, 5.74) is 1.78. The van der Waals surface area contributed by atoms with Crippen LogP contribution < -0.4 is 0 Å². The molecular formula is C13H22O. The van der Waals surface area contributed by atoms with E-state index in [2.05, 4.69) is 19.9 Å². The highest BCUT2D eigenvalue weighted by atomic mass is 16.1. The Hall–Kier alpha value is -0.590. The van der Waals surface area contributed by atoms with Gasteiger partial charge in [0.1, 0.15) is 5.78 Å². The average Bonchev–Trinajstić information content (AvgIpc) is 1.98. The fourth-order valence-corrected chi connectivity index (χ4v) is 2.39. The standard InChI is InChI=1S/C13H22O/c1-11(2)6-4-7-13(8-5-9-13)10-12(3)14/h6H,4-5,7-10H2,1-3H3. The molecule has 80 valence electrons. The van der Waals surface area contributed by atoms with Crippen LogP contribution in [0.2, 0.25) is 0 Å². The summed E-state index contributed by atoms with van der Waals surface area (Å²) in [7, 11) is 0. The van der Waals surface area contributed by atoms with Crippen LogP contribution in [0.5, 0.6) is 0 Å². The fraction of sp³-hybridized carbons (Fsp3) is 0.769. The minimum absolute atomic E-state index is 0.363. The Bertz CT molecular complexity index is 230. The molecule has 1 heteroatoms. The van der Waals surface area contributed by atoms with E-state index in [9.17, 15) is 4.79 Å². The number of carbonyl (C=O) groups is 1. The lowest BCUT2D eigenvalue weighted by atomic mass is 9.63. The van der Waals surface area contributed by atoms with Crippen molar-refractivity contribution in [2.75, 3.05) is 0 Å². The van der Waals surface area contributed by atoms with E-state index in [4.69, 9.17) is 0 Å². The molecule has 0 aromatic rings. The second kappa shape index (κ2) is 4.77. The summed E-state index contributed by atoms with van der Waals surface area (Å²) in [5, 5.41) is 0. The van der Waals surface area contributed by atoms with Crippen LogP contribution in [0.25, 0.3) is 0 Å². The third-order valence-corrected chi connectivity index (χ3v) is 3.27. The van der Waals surface area contributed by atoms with Crippen LogP contribution in [0.15, 0.2) is 11.6 Å². The van der Waals surface area contributed by atoms with Crippen molar-refractivity contribution in [1.29, 1.82) is 0 Å². The van der Waals surface area contributed by atoms with E-state index in [-0.39, 0.29) is 0 Å². The maximum absolute atomic E-state index is 11.1. The molecular weight excluding hydrogens is 172 g/mol. The number of hydrogen-bond acceptors (Lipinski definition) is 1. The smallest absolute Gasteiger partial charge is 0.130 e. The number of rotatable bonds is 5. The molecule has 0 radical (unpaired) electrons. The van der Waals surface area contributed by atoms with Gasteiger partial charge < -0.3 is 4.79 Å². The Morgan fingerprint density at radius 1 is 1.29 bits per heavy atom. The van der Waals surface area contributed by atoms with Crippen molar-refractivity contribution in [3.05, 3.63) is 11.6 Å². The lowest BCUT2D eigenvalue weighted by molar-refractivity contribution is -0.120. The zero-order valence-electron chi connectivity index (χ0n) is 9.73. The molecule has 0 N–H and O–H groups in total. The van der Waals surface area contributed by atoms with Crippen molar-refractivity contribution in [2.24, 2.45) is 5.41 Å². The van der Waals surface area contributed by atoms with Gasteiger partial charge in [-0.15, -0.1) is 0 Å². The largest absolute Gasteiger partial charge is 0.300 e. The summed E-state index contributed by atoms with van der Waals surface area (Å²) < 4.78 is 0. The molecule has 1 aliphatic carbocycles. The number of carbonyl (C=O) groups excluding carboxylic acids is 1. The van der Waals surface area contributed by atoms with Crippen LogP contribution in [-0.4, -0.2) is 5.78 Å². The van der Waals surface area contributed by atoms with E-state index in [1.165, 1.54) is 31.3 Å². The molecule has 1 aliphatic rings. The Morgan fingerprint density at radius 3 is 2.29 bits per heavy atom. The highest BCUT2D eigenvalue weighted by molar-refractivity contribution is 5.76. The second-order valence-electron chi connectivity index (χ2n) is 5.05. The molecule has 0 heterocycles. The van der Waals surface area contributed by atoms with Gasteiger partial charge in [-0.3, -0.25) is 0 Å². The zero-order valence-corrected chi connectivity index (χ0v) is 9.73. The monoisotopic (exact) mass is 194 g/mol. The van der Waals surface area contributed by atoms with Gasteiger partial charge in [0.05, 0.1) is 0 Å². The molecule has 1 saturated carbocycles. The second-order valence-corrected chi connectivity index (χ2v) is 5.05. The first-order chi connectivity index (χ1) is 6.54. The predicted octanol–water partition coefficient (Wildman–Crippen LogP) is 3.88. The maximum atomic E-state index is 11.1. The zero-order chi connectivity index (χ0) is 10.6. The lowest BCUT2D eigenvalue weighted by Crippen LogP contribution is -2.31. The molecule has 1 nitrogen and oxygen atoms in total. The quantitative estimate of drug-likeness (QED) is 0.607. The Morgan fingerprint density at radius 2 is 1.93 bits per heavy atom. The molecule has 0 saturated heterocycles. The number of ketones is 1. The molecule has 0 amide bonds. The van der Waals surface area contributed by atoms with E-state index in [1.807, 2.05) is 0 Å². The molecule has 0 atom stereocenters. The molecule has 14 heavy (non-hydrogen) atoms.